The molecule has 4 aromatic rings. The summed E-state index contributed by atoms with van der Waals surface area (Å²) >= 11 is 6.00. The number of hydrogen-bond acceptors (Lipinski definition) is 7. The van der Waals surface area contributed by atoms with Gasteiger partial charge in [-0.2, -0.15) is 0 Å². The second kappa shape index (κ2) is 11.7. The van der Waals surface area contributed by atoms with Crippen molar-refractivity contribution in [2.75, 3.05) is 19.3 Å². The van der Waals surface area contributed by atoms with Crippen molar-refractivity contribution in [3.8, 4) is 0 Å². The highest BCUT2D eigenvalue weighted by molar-refractivity contribution is 7.89. The van der Waals surface area contributed by atoms with Gasteiger partial charge in [0.2, 0.25) is 10.0 Å². The molecule has 2 atom stereocenters. The lowest BCUT2D eigenvalue weighted by molar-refractivity contribution is 0.0686. The van der Waals surface area contributed by atoms with Crippen LogP contribution in [0.25, 0.3) is 10.9 Å². The van der Waals surface area contributed by atoms with Crippen LogP contribution in [0.4, 0.5) is 5.82 Å². The number of nitrogens with two attached hydrogens (primary N) is 1. The van der Waals surface area contributed by atoms with E-state index in [1.807, 2.05) is 25.1 Å². The average molecular weight is 572 g/mol. The maximum Gasteiger partial charge on any atom is 0.352 e. The minimum atomic E-state index is -3.56. The molecule has 0 fully saturated rings. The molecule has 0 saturated heterocycles. The lowest BCUT2D eigenvalue weighted by Gasteiger charge is -2.18. The Labute approximate surface area is 231 Å². The minimum Gasteiger partial charge on any atom is -0.477 e. The Morgan fingerprint density at radius 2 is 1.82 bits per heavy atom. The van der Waals surface area contributed by atoms with Gasteiger partial charge < -0.3 is 25.8 Å². The lowest BCUT2D eigenvalue weighted by Crippen LogP contribution is -2.32. The van der Waals surface area contributed by atoms with Crippen molar-refractivity contribution in [3.05, 3.63) is 88.2 Å². The van der Waals surface area contributed by atoms with Crippen LogP contribution in [0.5, 0.6) is 0 Å². The van der Waals surface area contributed by atoms with Gasteiger partial charge in [0.25, 0.3) is 0 Å². The highest BCUT2D eigenvalue weighted by Crippen LogP contribution is 2.25. The number of anilines is 1. The molecule has 10 nitrogen and oxygen atoms in total. The number of aromatic carboxylic acids is 1. The number of fused-ring (bicyclic) bond motifs is 1. The Hall–Kier alpha value is -3.48. The molecule has 206 valence electrons. The molecule has 2 unspecified atom stereocenters. The fourth-order valence-corrected chi connectivity index (χ4v) is 5.28. The van der Waals surface area contributed by atoms with Crippen LogP contribution in [-0.2, 0) is 23.0 Å². The number of carbonyl (C=O) groups is 1. The van der Waals surface area contributed by atoms with Gasteiger partial charge in [0.1, 0.15) is 11.5 Å². The zero-order valence-corrected chi connectivity index (χ0v) is 23.0. The van der Waals surface area contributed by atoms with Crippen LogP contribution in [0.1, 0.15) is 40.2 Å². The molecule has 6 N–H and O–H groups in total. The van der Waals surface area contributed by atoms with Gasteiger partial charge in [-0.1, -0.05) is 29.8 Å². The number of hydrogen-bond donors (Lipinski definition) is 5. The summed E-state index contributed by atoms with van der Waals surface area (Å²) in [7, 11) is -2.21. The first-order chi connectivity index (χ1) is 18.5. The van der Waals surface area contributed by atoms with Gasteiger partial charge in [-0.05, 0) is 67.9 Å². The SMILES string of the molecule is CNS(=O)(=O)c1ccc(Cn2c(C(=O)O)cc3cc(CC(C)NCC(O)c4cnc(N)c(Cl)c4)ccc32)cc1. The Bertz CT molecular complexity index is 1610. The van der Waals surface area contributed by atoms with Gasteiger partial charge in [0, 0.05) is 41.8 Å². The number of pyridine rings is 1. The molecule has 0 aliphatic rings. The quantitative estimate of drug-likeness (QED) is 0.183. The number of carboxylic acids is 1. The molecular formula is C27H30ClN5O5S. The standard InChI is InChI=1S/C27H30ClN5O5S/c1-16(31-14-25(34)20-11-22(28)26(29)32-13-20)9-18-5-8-23-19(10-18)12-24(27(35)36)33(23)15-17-3-6-21(7-4-17)39(37,38)30-2/h3-8,10-13,16,25,30-31,34H,9,14-15H2,1-2H3,(H2,29,32)(H,35,36). The summed E-state index contributed by atoms with van der Waals surface area (Å²) in [6.45, 7) is 2.56. The Morgan fingerprint density at radius 3 is 2.46 bits per heavy atom. The van der Waals surface area contributed by atoms with Gasteiger partial charge in [-0.3, -0.25) is 0 Å². The number of aliphatic hydroxyl groups is 1. The number of halogens is 1. The molecule has 12 heteroatoms. The van der Waals surface area contributed by atoms with Crippen LogP contribution in [0.3, 0.4) is 0 Å². The second-order valence-corrected chi connectivity index (χ2v) is 11.6. The summed E-state index contributed by atoms with van der Waals surface area (Å²) in [6.07, 6.45) is 1.34. The monoisotopic (exact) mass is 571 g/mol. The van der Waals surface area contributed by atoms with Crippen molar-refractivity contribution in [2.24, 2.45) is 0 Å². The number of rotatable bonds is 11. The van der Waals surface area contributed by atoms with Gasteiger partial charge in [0.15, 0.2) is 0 Å². The molecule has 2 aromatic carbocycles. The summed E-state index contributed by atoms with van der Waals surface area (Å²) in [5.41, 5.74) is 8.86. The van der Waals surface area contributed by atoms with Crippen LogP contribution in [0.15, 0.2) is 65.7 Å². The Morgan fingerprint density at radius 1 is 1.13 bits per heavy atom. The number of benzene rings is 2. The maximum absolute atomic E-state index is 12.0. The molecule has 0 bridgehead atoms. The highest BCUT2D eigenvalue weighted by Gasteiger charge is 2.17. The first-order valence-corrected chi connectivity index (χ1v) is 14.0. The summed E-state index contributed by atoms with van der Waals surface area (Å²) in [4.78, 5) is 16.1. The van der Waals surface area contributed by atoms with Gasteiger partial charge >= 0.3 is 5.97 Å². The van der Waals surface area contributed by atoms with E-state index in [0.29, 0.717) is 23.6 Å². The van der Waals surface area contributed by atoms with E-state index in [1.165, 1.54) is 25.4 Å². The molecule has 2 aromatic heterocycles. The van der Waals surface area contributed by atoms with Crippen LogP contribution >= 0.6 is 11.6 Å². The van der Waals surface area contributed by atoms with Crippen molar-refractivity contribution in [3.63, 3.8) is 0 Å². The van der Waals surface area contributed by atoms with Crippen LogP contribution in [0.2, 0.25) is 5.02 Å². The molecule has 2 heterocycles. The van der Waals surface area contributed by atoms with E-state index in [-0.39, 0.29) is 29.0 Å². The number of nitrogens with one attached hydrogen (secondary N) is 2. The second-order valence-electron chi connectivity index (χ2n) is 9.33. The van der Waals surface area contributed by atoms with Crippen molar-refractivity contribution < 1.29 is 23.4 Å². The number of carboxylic acid groups (broad SMARTS) is 1. The number of sulfonamides is 1. The highest BCUT2D eigenvalue weighted by atomic mass is 35.5. The zero-order valence-electron chi connectivity index (χ0n) is 21.4. The number of aliphatic hydroxyl groups excluding tert-OH is 1. The smallest absolute Gasteiger partial charge is 0.352 e. The average Bonchev–Trinajstić information content (AvgIpc) is 3.27. The van der Waals surface area contributed by atoms with Gasteiger partial charge in [-0.25, -0.2) is 22.9 Å². The third-order valence-electron chi connectivity index (χ3n) is 6.51. The van der Waals surface area contributed by atoms with Crippen molar-refractivity contribution in [2.45, 2.75) is 36.9 Å². The number of nitrogen functional groups attached to an aromatic ring is 1. The predicted molar refractivity (Wildman–Crippen MR) is 150 cm³/mol. The van der Waals surface area contributed by atoms with Crippen molar-refractivity contribution >= 4 is 44.3 Å². The van der Waals surface area contributed by atoms with Crippen LogP contribution in [0, 0.1) is 0 Å². The number of nitrogens with zero attached hydrogens (tertiary/aromatic N) is 2. The first kappa shape index (κ1) is 28.5. The molecule has 0 radical (unpaired) electrons. The third-order valence-corrected chi connectivity index (χ3v) is 8.24. The fraction of sp³-hybridized carbons (Fsp3) is 0.259. The van der Waals surface area contributed by atoms with E-state index in [0.717, 1.165) is 22.0 Å². The van der Waals surface area contributed by atoms with E-state index >= 15 is 0 Å². The van der Waals surface area contributed by atoms with Crippen LogP contribution in [-0.4, -0.2) is 53.8 Å². The van der Waals surface area contributed by atoms with Crippen molar-refractivity contribution in [1.29, 1.82) is 0 Å². The predicted octanol–water partition coefficient (Wildman–Crippen LogP) is 3.18. The summed E-state index contributed by atoms with van der Waals surface area (Å²) in [5, 5.41) is 24.7. The molecular weight excluding hydrogens is 542 g/mol. The van der Waals surface area contributed by atoms with Crippen LogP contribution < -0.4 is 15.8 Å². The molecule has 0 saturated carbocycles. The summed E-state index contributed by atoms with van der Waals surface area (Å²) in [5.74, 6) is -0.842. The molecule has 0 spiro atoms. The molecule has 0 aliphatic heterocycles. The summed E-state index contributed by atoms with van der Waals surface area (Å²) in [6, 6.07) is 15.4. The van der Waals surface area contributed by atoms with Crippen molar-refractivity contribution in [1.82, 2.24) is 19.6 Å². The van der Waals surface area contributed by atoms with E-state index in [1.54, 1.807) is 28.8 Å². The Kier molecular flexibility index (Phi) is 8.57. The van der Waals surface area contributed by atoms with Gasteiger partial charge in [0.05, 0.1) is 16.0 Å². The Balaban J connectivity index is 1.48. The van der Waals surface area contributed by atoms with E-state index in [2.05, 4.69) is 15.0 Å². The topological polar surface area (TPSA) is 160 Å². The minimum absolute atomic E-state index is 0.0164. The first-order valence-electron chi connectivity index (χ1n) is 12.2. The molecule has 4 rings (SSSR count). The van der Waals surface area contributed by atoms with Gasteiger partial charge in [-0.15, -0.1) is 0 Å². The zero-order chi connectivity index (χ0) is 28.3. The molecule has 0 aliphatic carbocycles. The molecule has 39 heavy (non-hydrogen) atoms. The maximum atomic E-state index is 12.0. The number of aromatic nitrogens is 2. The van der Waals surface area contributed by atoms with E-state index in [4.69, 9.17) is 17.3 Å². The summed E-state index contributed by atoms with van der Waals surface area (Å²) < 4.78 is 28.0. The third kappa shape index (κ3) is 6.57. The fourth-order valence-electron chi connectivity index (χ4n) is 4.37. The van der Waals surface area contributed by atoms with E-state index in [9.17, 15) is 23.4 Å². The molecule has 0 amide bonds. The normalized spacial score (nSPS) is 13.4. The van der Waals surface area contributed by atoms with E-state index < -0.39 is 22.1 Å². The largest absolute Gasteiger partial charge is 0.477 e. The lowest BCUT2D eigenvalue weighted by atomic mass is 10.0.